The second kappa shape index (κ2) is 9.28. The van der Waals surface area contributed by atoms with Crippen LogP contribution in [0.2, 0.25) is 0 Å². The largest absolute Gasteiger partial charge is 0.494 e. The van der Waals surface area contributed by atoms with Crippen LogP contribution in [0.15, 0.2) is 48.5 Å². The van der Waals surface area contributed by atoms with Crippen LogP contribution in [-0.4, -0.2) is 35.2 Å². The Labute approximate surface area is 191 Å². The lowest BCUT2D eigenvalue weighted by Crippen LogP contribution is -2.24. The lowest BCUT2D eigenvalue weighted by atomic mass is 10.1. The van der Waals surface area contributed by atoms with E-state index in [0.717, 1.165) is 29.1 Å². The number of carbonyl (C=O) groups is 2. The van der Waals surface area contributed by atoms with Crippen molar-refractivity contribution in [1.29, 1.82) is 0 Å². The highest BCUT2D eigenvalue weighted by molar-refractivity contribution is 6.03. The van der Waals surface area contributed by atoms with Crippen molar-refractivity contribution < 1.29 is 18.7 Å². The molecule has 170 valence electrons. The maximum absolute atomic E-state index is 13.2. The Hall–Kier alpha value is -3.94. The average Bonchev–Trinajstić information content (AvgIpc) is 3.35. The Kier molecular flexibility index (Phi) is 6.26. The Morgan fingerprint density at radius 3 is 2.61 bits per heavy atom. The maximum Gasteiger partial charge on any atom is 0.248 e. The fourth-order valence-electron chi connectivity index (χ4n) is 3.95. The molecule has 1 N–H and O–H groups in total. The number of hydrogen-bond acceptors (Lipinski definition) is 4. The minimum absolute atomic E-state index is 0.0694. The summed E-state index contributed by atoms with van der Waals surface area (Å²) >= 11 is 0. The van der Waals surface area contributed by atoms with E-state index in [-0.39, 0.29) is 17.6 Å². The zero-order valence-corrected chi connectivity index (χ0v) is 18.8. The van der Waals surface area contributed by atoms with Gasteiger partial charge in [0.05, 0.1) is 24.2 Å². The van der Waals surface area contributed by atoms with Gasteiger partial charge in [-0.3, -0.25) is 9.59 Å². The first-order chi connectivity index (χ1) is 15.9. The van der Waals surface area contributed by atoms with E-state index < -0.39 is 0 Å². The first-order valence-corrected chi connectivity index (χ1v) is 10.7. The fourth-order valence-corrected chi connectivity index (χ4v) is 3.95. The van der Waals surface area contributed by atoms with Gasteiger partial charge in [0.2, 0.25) is 11.8 Å². The number of aryl methyl sites for hydroxylation is 1. The Bertz CT molecular complexity index is 1230. The van der Waals surface area contributed by atoms with E-state index in [9.17, 15) is 14.0 Å². The first kappa shape index (κ1) is 22.3. The van der Waals surface area contributed by atoms with Gasteiger partial charge < -0.3 is 15.0 Å². The molecule has 0 unspecified atom stereocenters. The number of aromatic nitrogens is 2. The monoisotopic (exact) mass is 448 g/mol. The third-order valence-corrected chi connectivity index (χ3v) is 5.63. The number of halogens is 1. The average molecular weight is 448 g/mol. The van der Waals surface area contributed by atoms with E-state index in [4.69, 9.17) is 4.74 Å². The molecule has 4 rings (SSSR count). The summed E-state index contributed by atoms with van der Waals surface area (Å²) in [4.78, 5) is 26.3. The molecule has 2 heterocycles. The summed E-state index contributed by atoms with van der Waals surface area (Å²) in [5.74, 6) is -0.0246. The van der Waals surface area contributed by atoms with Crippen LogP contribution >= 0.6 is 0 Å². The number of amides is 2. The molecule has 0 bridgehead atoms. The summed E-state index contributed by atoms with van der Waals surface area (Å²) in [5, 5.41) is 7.33. The second-order valence-electron chi connectivity index (χ2n) is 7.83. The highest BCUT2D eigenvalue weighted by Gasteiger charge is 2.24. The third kappa shape index (κ3) is 4.64. The topological polar surface area (TPSA) is 76.5 Å². The predicted molar refractivity (Wildman–Crippen MR) is 125 cm³/mol. The van der Waals surface area contributed by atoms with Gasteiger partial charge in [0.1, 0.15) is 11.6 Å². The van der Waals surface area contributed by atoms with Gasteiger partial charge >= 0.3 is 0 Å². The Balaban J connectivity index is 1.49. The van der Waals surface area contributed by atoms with Gasteiger partial charge in [0.15, 0.2) is 0 Å². The van der Waals surface area contributed by atoms with Crippen molar-refractivity contribution in [3.8, 4) is 11.4 Å². The van der Waals surface area contributed by atoms with E-state index in [1.807, 2.05) is 13.8 Å². The number of nitrogens with one attached hydrogen (secondary N) is 1. The minimum atomic E-state index is -0.311. The van der Waals surface area contributed by atoms with Crippen molar-refractivity contribution in [3.63, 3.8) is 0 Å². The SMILES string of the molecule is COc1cc(NC(=O)/C=C/c2c(C)nn(-c3ccc(F)cc3)c2C)ccc1N1CCCC1=O. The van der Waals surface area contributed by atoms with E-state index in [2.05, 4.69) is 10.4 Å². The number of methoxy groups -OCH3 is 1. The van der Waals surface area contributed by atoms with Crippen LogP contribution in [0.5, 0.6) is 5.75 Å². The molecule has 33 heavy (non-hydrogen) atoms. The number of anilines is 2. The molecule has 2 amide bonds. The number of nitrogens with zero attached hydrogens (tertiary/aromatic N) is 3. The van der Waals surface area contributed by atoms with Crippen LogP contribution in [0.4, 0.5) is 15.8 Å². The Morgan fingerprint density at radius 1 is 1.18 bits per heavy atom. The fraction of sp³-hybridized carbons (Fsp3) is 0.240. The summed E-state index contributed by atoms with van der Waals surface area (Å²) in [7, 11) is 1.54. The number of carbonyl (C=O) groups excluding carboxylic acids is 2. The lowest BCUT2D eigenvalue weighted by molar-refractivity contribution is -0.117. The lowest BCUT2D eigenvalue weighted by Gasteiger charge is -2.19. The van der Waals surface area contributed by atoms with Gasteiger partial charge in [0, 0.05) is 42.1 Å². The minimum Gasteiger partial charge on any atom is -0.494 e. The molecule has 7 nitrogen and oxygen atoms in total. The van der Waals surface area contributed by atoms with Crippen LogP contribution in [0.3, 0.4) is 0 Å². The summed E-state index contributed by atoms with van der Waals surface area (Å²) in [6.07, 6.45) is 4.50. The first-order valence-electron chi connectivity index (χ1n) is 10.7. The standard InChI is InChI=1S/C25H25FN4O3/c1-16-21(17(2)30(28-16)20-9-6-18(26)7-10-20)11-13-24(31)27-19-8-12-22(23(15-19)33-3)29-14-4-5-25(29)32/h6-13,15H,4-5,14H2,1-3H3,(H,27,31)/b13-11+. The van der Waals surface area contributed by atoms with Gasteiger partial charge in [0.25, 0.3) is 0 Å². The smallest absolute Gasteiger partial charge is 0.248 e. The molecule has 1 saturated heterocycles. The van der Waals surface area contributed by atoms with E-state index >= 15 is 0 Å². The molecule has 0 radical (unpaired) electrons. The quantitative estimate of drug-likeness (QED) is 0.567. The molecule has 0 saturated carbocycles. The molecular formula is C25H25FN4O3. The van der Waals surface area contributed by atoms with E-state index in [1.54, 1.807) is 46.0 Å². The van der Waals surface area contributed by atoms with Crippen molar-refractivity contribution >= 4 is 29.3 Å². The summed E-state index contributed by atoms with van der Waals surface area (Å²) in [6.45, 7) is 4.41. The van der Waals surface area contributed by atoms with Crippen LogP contribution in [0.25, 0.3) is 11.8 Å². The molecule has 0 aliphatic carbocycles. The zero-order chi connectivity index (χ0) is 23.5. The predicted octanol–water partition coefficient (Wildman–Crippen LogP) is 4.42. The normalized spacial score (nSPS) is 13.7. The van der Waals surface area contributed by atoms with Crippen molar-refractivity contribution in [2.45, 2.75) is 26.7 Å². The van der Waals surface area contributed by atoms with Crippen molar-refractivity contribution in [2.24, 2.45) is 0 Å². The van der Waals surface area contributed by atoms with E-state index in [0.29, 0.717) is 30.1 Å². The summed E-state index contributed by atoms with van der Waals surface area (Å²) in [6, 6.07) is 11.3. The molecule has 2 aromatic carbocycles. The number of ether oxygens (including phenoxy) is 1. The molecular weight excluding hydrogens is 423 g/mol. The van der Waals surface area contributed by atoms with Crippen LogP contribution in [-0.2, 0) is 9.59 Å². The van der Waals surface area contributed by atoms with Crippen LogP contribution in [0, 0.1) is 19.7 Å². The maximum atomic E-state index is 13.2. The third-order valence-electron chi connectivity index (χ3n) is 5.63. The second-order valence-corrected chi connectivity index (χ2v) is 7.83. The van der Waals surface area contributed by atoms with Crippen LogP contribution < -0.4 is 15.0 Å². The molecule has 0 spiro atoms. The Morgan fingerprint density at radius 2 is 1.94 bits per heavy atom. The van der Waals surface area contributed by atoms with Crippen molar-refractivity contribution in [2.75, 3.05) is 23.9 Å². The van der Waals surface area contributed by atoms with Gasteiger partial charge in [-0.2, -0.15) is 5.10 Å². The summed E-state index contributed by atoms with van der Waals surface area (Å²) < 4.78 is 20.4. The van der Waals surface area contributed by atoms with Gasteiger partial charge in [-0.25, -0.2) is 9.07 Å². The van der Waals surface area contributed by atoms with Gasteiger partial charge in [-0.15, -0.1) is 0 Å². The molecule has 0 atom stereocenters. The molecule has 1 aliphatic heterocycles. The number of rotatable bonds is 6. The van der Waals surface area contributed by atoms with Gasteiger partial charge in [-0.1, -0.05) is 0 Å². The highest BCUT2D eigenvalue weighted by atomic mass is 19.1. The van der Waals surface area contributed by atoms with Crippen LogP contribution in [0.1, 0.15) is 29.8 Å². The molecule has 1 fully saturated rings. The molecule has 8 heteroatoms. The summed E-state index contributed by atoms with van der Waals surface area (Å²) in [5.41, 5.74) is 4.41. The van der Waals surface area contributed by atoms with Gasteiger partial charge in [-0.05, 0) is 62.7 Å². The molecule has 3 aromatic rings. The molecule has 1 aliphatic rings. The number of benzene rings is 2. The van der Waals surface area contributed by atoms with E-state index in [1.165, 1.54) is 25.3 Å². The zero-order valence-electron chi connectivity index (χ0n) is 18.8. The van der Waals surface area contributed by atoms with Crippen molar-refractivity contribution in [1.82, 2.24) is 9.78 Å². The number of hydrogen-bond donors (Lipinski definition) is 1. The van der Waals surface area contributed by atoms with Crippen molar-refractivity contribution in [3.05, 3.63) is 71.3 Å². The highest BCUT2D eigenvalue weighted by Crippen LogP contribution is 2.33. The molecule has 1 aromatic heterocycles.